The number of rotatable bonds is 6. The van der Waals surface area contributed by atoms with Crippen molar-refractivity contribution in [3.63, 3.8) is 0 Å². The fourth-order valence-electron chi connectivity index (χ4n) is 3.16. The number of nitrogens with zero attached hydrogens (tertiary/aromatic N) is 4. The molecule has 2 amide bonds. The van der Waals surface area contributed by atoms with Gasteiger partial charge in [0.15, 0.2) is 17.0 Å². The van der Waals surface area contributed by atoms with Gasteiger partial charge in [-0.1, -0.05) is 11.6 Å². The lowest BCUT2D eigenvalue weighted by molar-refractivity contribution is -0.137. The largest absolute Gasteiger partial charge is 0.417 e. The van der Waals surface area contributed by atoms with Crippen LogP contribution in [0.4, 0.5) is 35.2 Å². The zero-order valence-electron chi connectivity index (χ0n) is 17.4. The first kappa shape index (κ1) is 23.3. The van der Waals surface area contributed by atoms with Gasteiger partial charge in [-0.05, 0) is 42.5 Å². The SMILES string of the molecule is NCCNc1ncnc2c1ncn2-c1ccc(NC(=O)Nc2ccc(Cl)c(C(F)(F)F)c2)cc1. The van der Waals surface area contributed by atoms with Crippen molar-refractivity contribution in [2.24, 2.45) is 5.73 Å². The molecule has 2 aromatic carbocycles. The van der Waals surface area contributed by atoms with E-state index in [2.05, 4.69) is 30.9 Å². The topological polar surface area (TPSA) is 123 Å². The van der Waals surface area contributed by atoms with Gasteiger partial charge < -0.3 is 21.7 Å². The van der Waals surface area contributed by atoms with Gasteiger partial charge in [0.1, 0.15) is 12.7 Å². The third-order valence-electron chi connectivity index (χ3n) is 4.70. The zero-order chi connectivity index (χ0) is 24.3. The van der Waals surface area contributed by atoms with Gasteiger partial charge in [-0.25, -0.2) is 19.7 Å². The Hall–Kier alpha value is -3.90. The molecule has 5 N–H and O–H groups in total. The molecule has 0 bridgehead atoms. The summed E-state index contributed by atoms with van der Waals surface area (Å²) >= 11 is 5.60. The standard InChI is InChI=1S/C21H18ClF3N8O/c22-16-6-3-13(9-15(16)21(23,24)25)32-20(34)31-12-1-4-14(5-2-12)33-11-30-17-18(27-8-7-26)28-10-29-19(17)33/h1-6,9-11H,7-8,26H2,(H,27,28,29)(H2,31,32,34). The van der Waals surface area contributed by atoms with Crippen LogP contribution in [0.15, 0.2) is 55.1 Å². The summed E-state index contributed by atoms with van der Waals surface area (Å²) < 4.78 is 40.8. The number of halogens is 4. The predicted octanol–water partition coefficient (Wildman–Crippen LogP) is 4.50. The molecule has 0 saturated carbocycles. The Balaban J connectivity index is 1.47. The van der Waals surface area contributed by atoms with Crippen LogP contribution >= 0.6 is 11.6 Å². The maximum Gasteiger partial charge on any atom is 0.417 e. The van der Waals surface area contributed by atoms with Gasteiger partial charge in [-0.15, -0.1) is 0 Å². The molecule has 0 radical (unpaired) electrons. The number of amides is 2. The molecule has 0 saturated heterocycles. The first-order chi connectivity index (χ1) is 16.3. The summed E-state index contributed by atoms with van der Waals surface area (Å²) in [5.41, 5.74) is 6.76. The average Bonchev–Trinajstić information content (AvgIpc) is 3.23. The molecule has 2 aromatic heterocycles. The molecular weight excluding hydrogens is 473 g/mol. The quantitative estimate of drug-likeness (QED) is 0.315. The molecule has 0 aliphatic rings. The van der Waals surface area contributed by atoms with Crippen LogP contribution in [0.2, 0.25) is 5.02 Å². The first-order valence-electron chi connectivity index (χ1n) is 9.93. The van der Waals surface area contributed by atoms with Crippen molar-refractivity contribution >= 4 is 46.0 Å². The van der Waals surface area contributed by atoms with E-state index < -0.39 is 22.8 Å². The fraction of sp³-hybridized carbons (Fsp3) is 0.143. The number of carbonyl (C=O) groups excluding carboxylic acids is 1. The van der Waals surface area contributed by atoms with Gasteiger partial charge in [0, 0.05) is 30.2 Å². The smallest absolute Gasteiger partial charge is 0.367 e. The van der Waals surface area contributed by atoms with Crippen LogP contribution in [0, 0.1) is 0 Å². The van der Waals surface area contributed by atoms with Gasteiger partial charge in [0.25, 0.3) is 0 Å². The maximum atomic E-state index is 13.0. The lowest BCUT2D eigenvalue weighted by Crippen LogP contribution is -2.20. The van der Waals surface area contributed by atoms with Crippen LogP contribution in [-0.4, -0.2) is 38.6 Å². The summed E-state index contributed by atoms with van der Waals surface area (Å²) in [7, 11) is 0. The molecule has 9 nitrogen and oxygen atoms in total. The third kappa shape index (κ3) is 5.02. The number of fused-ring (bicyclic) bond motifs is 1. The van der Waals surface area contributed by atoms with E-state index in [-0.39, 0.29) is 5.69 Å². The zero-order valence-corrected chi connectivity index (χ0v) is 18.2. The fourth-order valence-corrected chi connectivity index (χ4v) is 3.39. The highest BCUT2D eigenvalue weighted by molar-refractivity contribution is 6.31. The Labute approximate surface area is 196 Å². The number of carbonyl (C=O) groups is 1. The number of nitrogens with one attached hydrogen (secondary N) is 3. The molecule has 0 atom stereocenters. The maximum absolute atomic E-state index is 13.0. The van der Waals surface area contributed by atoms with Crippen molar-refractivity contribution in [2.75, 3.05) is 29.0 Å². The number of hydrogen-bond donors (Lipinski definition) is 4. The highest BCUT2D eigenvalue weighted by Crippen LogP contribution is 2.36. The average molecular weight is 491 g/mol. The first-order valence-corrected chi connectivity index (χ1v) is 10.3. The Morgan fingerprint density at radius 3 is 2.44 bits per heavy atom. The minimum Gasteiger partial charge on any atom is -0.367 e. The van der Waals surface area contributed by atoms with Crippen molar-refractivity contribution in [3.05, 3.63) is 65.7 Å². The number of aromatic nitrogens is 4. The third-order valence-corrected chi connectivity index (χ3v) is 5.03. The lowest BCUT2D eigenvalue weighted by Gasteiger charge is -2.12. The van der Waals surface area contributed by atoms with Gasteiger partial charge in [0.05, 0.1) is 10.6 Å². The molecule has 34 heavy (non-hydrogen) atoms. The molecule has 0 aliphatic heterocycles. The second-order valence-corrected chi connectivity index (χ2v) is 7.45. The van der Waals surface area contributed by atoms with Crippen LogP contribution in [0.3, 0.4) is 0 Å². The van der Waals surface area contributed by atoms with Crippen LogP contribution in [-0.2, 0) is 6.18 Å². The monoisotopic (exact) mass is 490 g/mol. The van der Waals surface area contributed by atoms with Crippen LogP contribution < -0.4 is 21.7 Å². The normalized spacial score (nSPS) is 11.4. The number of benzene rings is 2. The summed E-state index contributed by atoms with van der Waals surface area (Å²) in [6.45, 7) is 0.977. The Bertz CT molecular complexity index is 1320. The molecule has 0 spiro atoms. The van der Waals surface area contributed by atoms with Crippen LogP contribution in [0.5, 0.6) is 0 Å². The van der Waals surface area contributed by atoms with Gasteiger partial charge >= 0.3 is 12.2 Å². The van der Waals surface area contributed by atoms with Gasteiger partial charge in [-0.2, -0.15) is 13.2 Å². The Kier molecular flexibility index (Phi) is 6.52. The predicted molar refractivity (Wildman–Crippen MR) is 123 cm³/mol. The van der Waals surface area contributed by atoms with Crippen molar-refractivity contribution in [1.29, 1.82) is 0 Å². The molecule has 13 heteroatoms. The van der Waals surface area contributed by atoms with E-state index in [1.165, 1.54) is 12.4 Å². The summed E-state index contributed by atoms with van der Waals surface area (Å²) in [6.07, 6.45) is -1.62. The van der Waals surface area contributed by atoms with E-state index in [0.717, 1.165) is 17.8 Å². The van der Waals surface area contributed by atoms with Crippen LogP contribution in [0.25, 0.3) is 16.9 Å². The van der Waals surface area contributed by atoms with E-state index >= 15 is 0 Å². The van der Waals surface area contributed by atoms with Crippen molar-refractivity contribution in [2.45, 2.75) is 6.18 Å². The Morgan fingerprint density at radius 2 is 1.74 bits per heavy atom. The second kappa shape index (κ2) is 9.53. The number of hydrogen-bond acceptors (Lipinski definition) is 6. The molecule has 0 unspecified atom stereocenters. The van der Waals surface area contributed by atoms with E-state index in [4.69, 9.17) is 17.3 Å². The summed E-state index contributed by atoms with van der Waals surface area (Å²) in [5, 5.41) is 7.57. The van der Waals surface area contributed by atoms with E-state index in [9.17, 15) is 18.0 Å². The van der Waals surface area contributed by atoms with E-state index in [1.54, 1.807) is 35.2 Å². The molecule has 0 aliphatic carbocycles. The highest BCUT2D eigenvalue weighted by Gasteiger charge is 2.33. The molecule has 4 rings (SSSR count). The number of urea groups is 1. The summed E-state index contributed by atoms with van der Waals surface area (Å²) in [6, 6.07) is 9.16. The molecule has 176 valence electrons. The van der Waals surface area contributed by atoms with Crippen molar-refractivity contribution in [3.8, 4) is 5.69 Å². The summed E-state index contributed by atoms with van der Waals surface area (Å²) in [5.74, 6) is 0.569. The Morgan fingerprint density at radius 1 is 1.03 bits per heavy atom. The highest BCUT2D eigenvalue weighted by atomic mass is 35.5. The van der Waals surface area contributed by atoms with Gasteiger partial charge in [-0.3, -0.25) is 4.57 Å². The lowest BCUT2D eigenvalue weighted by atomic mass is 10.2. The number of alkyl halides is 3. The number of nitrogens with two attached hydrogens (primary N) is 1. The number of imidazole rings is 1. The second-order valence-electron chi connectivity index (χ2n) is 7.04. The van der Waals surface area contributed by atoms with Crippen molar-refractivity contribution in [1.82, 2.24) is 19.5 Å². The minimum absolute atomic E-state index is 0.0468. The van der Waals surface area contributed by atoms with E-state index in [0.29, 0.717) is 35.8 Å². The summed E-state index contributed by atoms with van der Waals surface area (Å²) in [4.78, 5) is 25.1. The minimum atomic E-state index is -4.63. The van der Waals surface area contributed by atoms with Crippen LogP contribution in [0.1, 0.15) is 5.56 Å². The molecule has 4 aromatic rings. The molecule has 0 fully saturated rings. The molecular formula is C21H18ClF3N8O. The number of anilines is 3. The van der Waals surface area contributed by atoms with E-state index in [1.807, 2.05) is 0 Å². The van der Waals surface area contributed by atoms with Crippen molar-refractivity contribution < 1.29 is 18.0 Å². The van der Waals surface area contributed by atoms with Gasteiger partial charge in [0.2, 0.25) is 0 Å². The molecule has 2 heterocycles.